The van der Waals surface area contributed by atoms with Gasteiger partial charge in [0.05, 0.1) is 11.8 Å². The summed E-state index contributed by atoms with van der Waals surface area (Å²) in [4.78, 5) is 23.8. The molecule has 0 radical (unpaired) electrons. The van der Waals surface area contributed by atoms with Crippen molar-refractivity contribution >= 4 is 21.8 Å². The molecule has 3 N–H and O–H groups in total. The number of nitriles is 1. The van der Waals surface area contributed by atoms with Crippen LogP contribution in [0.1, 0.15) is 32.1 Å². The molecule has 0 aromatic heterocycles. The lowest BCUT2D eigenvalue weighted by Gasteiger charge is -2.24. The number of sulfone groups is 1. The highest BCUT2D eigenvalue weighted by Gasteiger charge is 2.26. The average Bonchev–Trinajstić information content (AvgIpc) is 2.43. The number of amides is 3. The van der Waals surface area contributed by atoms with Gasteiger partial charge in [-0.2, -0.15) is 5.26 Å². The summed E-state index contributed by atoms with van der Waals surface area (Å²) in [6.07, 6.45) is 5.97. The van der Waals surface area contributed by atoms with Gasteiger partial charge >= 0.3 is 6.03 Å². The number of carbonyl (C=O) groups is 2. The van der Waals surface area contributed by atoms with Crippen LogP contribution < -0.4 is 16.0 Å². The maximum atomic E-state index is 11.9. The highest BCUT2D eigenvalue weighted by atomic mass is 32.2. The smallest absolute Gasteiger partial charge is 0.315 e. The Kier molecular flexibility index (Phi) is 7.11. The molecule has 3 amide bonds. The molecule has 0 aromatic rings. The summed E-state index contributed by atoms with van der Waals surface area (Å²) in [5, 5.41) is 15.8. The van der Waals surface area contributed by atoms with Gasteiger partial charge in [-0.15, -0.1) is 0 Å². The average molecular weight is 330 g/mol. The van der Waals surface area contributed by atoms with E-state index in [9.17, 15) is 18.0 Å². The Hall–Kier alpha value is -1.82. The summed E-state index contributed by atoms with van der Waals surface area (Å²) in [6.45, 7) is -0.245. The first-order chi connectivity index (χ1) is 10.3. The van der Waals surface area contributed by atoms with E-state index in [0.29, 0.717) is 0 Å². The monoisotopic (exact) mass is 330 g/mol. The fourth-order valence-electron chi connectivity index (χ4n) is 2.37. The molecule has 1 aliphatic carbocycles. The van der Waals surface area contributed by atoms with Gasteiger partial charge in [0.25, 0.3) is 0 Å². The molecule has 1 unspecified atom stereocenters. The molecule has 0 bridgehead atoms. The summed E-state index contributed by atoms with van der Waals surface area (Å²) in [5.74, 6) is -1.20. The van der Waals surface area contributed by atoms with E-state index in [1.807, 2.05) is 0 Å². The van der Waals surface area contributed by atoms with Crippen LogP contribution in [0.4, 0.5) is 4.79 Å². The van der Waals surface area contributed by atoms with Gasteiger partial charge in [0.1, 0.15) is 22.4 Å². The number of urea groups is 1. The lowest BCUT2D eigenvalue weighted by atomic mass is 9.96. The van der Waals surface area contributed by atoms with Crippen molar-refractivity contribution in [2.24, 2.45) is 0 Å². The van der Waals surface area contributed by atoms with Crippen LogP contribution in [0.25, 0.3) is 0 Å². The van der Waals surface area contributed by atoms with E-state index >= 15 is 0 Å². The lowest BCUT2D eigenvalue weighted by molar-refractivity contribution is -0.122. The van der Waals surface area contributed by atoms with Crippen LogP contribution in [0.15, 0.2) is 0 Å². The van der Waals surface area contributed by atoms with E-state index in [-0.39, 0.29) is 12.6 Å². The third-order valence-electron chi connectivity index (χ3n) is 3.37. The number of nitrogens with one attached hydrogen (secondary N) is 3. The predicted molar refractivity (Wildman–Crippen MR) is 80.7 cm³/mol. The van der Waals surface area contributed by atoms with Crippen LogP contribution in [0, 0.1) is 11.3 Å². The van der Waals surface area contributed by atoms with E-state index in [1.54, 1.807) is 6.07 Å². The Labute approximate surface area is 130 Å². The Morgan fingerprint density at radius 1 is 1.27 bits per heavy atom. The lowest BCUT2D eigenvalue weighted by Crippen LogP contribution is -2.54. The topological polar surface area (TPSA) is 128 Å². The molecule has 1 fully saturated rings. The van der Waals surface area contributed by atoms with Crippen molar-refractivity contribution in [1.29, 1.82) is 5.26 Å². The minimum Gasteiger partial charge on any atom is -0.341 e. The Morgan fingerprint density at radius 3 is 2.45 bits per heavy atom. The Balaban J connectivity index is 2.60. The third kappa shape index (κ3) is 7.26. The number of rotatable bonds is 6. The Morgan fingerprint density at radius 2 is 1.91 bits per heavy atom. The first-order valence-corrected chi connectivity index (χ1v) is 9.27. The molecule has 0 aromatic carbocycles. The van der Waals surface area contributed by atoms with Crippen molar-refractivity contribution in [3.8, 4) is 6.07 Å². The van der Waals surface area contributed by atoms with Crippen molar-refractivity contribution in [2.75, 3.05) is 18.6 Å². The van der Waals surface area contributed by atoms with Crippen LogP contribution in [0.5, 0.6) is 0 Å². The van der Waals surface area contributed by atoms with Gasteiger partial charge in [-0.1, -0.05) is 19.3 Å². The standard InChI is InChI=1S/C13H22N4O4S/c1-22(20,21)9-11(12(18)15-8-7-14)17-13(19)16-10-5-3-2-4-6-10/h10-11H,2-6,8-9H2,1H3,(H,15,18)(H2,16,17,19). The van der Waals surface area contributed by atoms with Gasteiger partial charge in [-0.05, 0) is 12.8 Å². The van der Waals surface area contributed by atoms with E-state index < -0.39 is 33.6 Å². The van der Waals surface area contributed by atoms with Crippen LogP contribution in [0.3, 0.4) is 0 Å². The molecule has 1 saturated carbocycles. The molecule has 9 heteroatoms. The van der Waals surface area contributed by atoms with Crippen molar-refractivity contribution in [3.63, 3.8) is 0 Å². The minimum absolute atomic E-state index is 0.0507. The fraction of sp³-hybridized carbons (Fsp3) is 0.769. The largest absolute Gasteiger partial charge is 0.341 e. The quantitative estimate of drug-likeness (QED) is 0.575. The number of hydrogen-bond donors (Lipinski definition) is 3. The summed E-state index contributed by atoms with van der Waals surface area (Å²) < 4.78 is 22.7. The zero-order valence-electron chi connectivity index (χ0n) is 12.6. The van der Waals surface area contributed by atoms with Gasteiger partial charge < -0.3 is 16.0 Å². The van der Waals surface area contributed by atoms with E-state index in [2.05, 4.69) is 16.0 Å². The summed E-state index contributed by atoms with van der Waals surface area (Å²) in [5.41, 5.74) is 0. The molecular weight excluding hydrogens is 308 g/mol. The summed E-state index contributed by atoms with van der Waals surface area (Å²) in [6, 6.07) is -0.00181. The predicted octanol–water partition coefficient (Wildman–Crippen LogP) is -0.329. The SMILES string of the molecule is CS(=O)(=O)CC(NC(=O)NC1CCCCC1)C(=O)NCC#N. The van der Waals surface area contributed by atoms with Crippen LogP contribution in [-0.4, -0.2) is 51.0 Å². The van der Waals surface area contributed by atoms with Crippen molar-refractivity contribution in [2.45, 2.75) is 44.2 Å². The number of nitrogens with zero attached hydrogens (tertiary/aromatic N) is 1. The first-order valence-electron chi connectivity index (χ1n) is 7.21. The van der Waals surface area contributed by atoms with Crippen LogP contribution >= 0.6 is 0 Å². The second-order valence-electron chi connectivity index (χ2n) is 5.47. The van der Waals surface area contributed by atoms with Crippen LogP contribution in [-0.2, 0) is 14.6 Å². The van der Waals surface area contributed by atoms with Gasteiger partial charge in [-0.25, -0.2) is 13.2 Å². The van der Waals surface area contributed by atoms with E-state index in [1.165, 1.54) is 0 Å². The molecule has 0 saturated heterocycles. The minimum atomic E-state index is -3.46. The maximum absolute atomic E-state index is 11.9. The normalized spacial score (nSPS) is 17.1. The molecule has 124 valence electrons. The molecule has 0 spiro atoms. The highest BCUT2D eigenvalue weighted by Crippen LogP contribution is 2.17. The summed E-state index contributed by atoms with van der Waals surface area (Å²) in [7, 11) is -3.46. The fourth-order valence-corrected chi connectivity index (χ4v) is 3.21. The molecule has 1 atom stereocenters. The molecular formula is C13H22N4O4S. The molecule has 0 aliphatic heterocycles. The zero-order chi connectivity index (χ0) is 16.6. The molecule has 1 aliphatic rings. The molecule has 22 heavy (non-hydrogen) atoms. The summed E-state index contributed by atoms with van der Waals surface area (Å²) >= 11 is 0. The van der Waals surface area contributed by atoms with Crippen molar-refractivity contribution < 1.29 is 18.0 Å². The van der Waals surface area contributed by atoms with Gasteiger partial charge in [0, 0.05) is 12.3 Å². The number of hydrogen-bond acceptors (Lipinski definition) is 5. The number of carbonyl (C=O) groups excluding carboxylic acids is 2. The van der Waals surface area contributed by atoms with Gasteiger partial charge in [0.2, 0.25) is 5.91 Å². The first kappa shape index (κ1) is 18.2. The Bertz CT molecular complexity index is 535. The second kappa shape index (κ2) is 8.58. The van der Waals surface area contributed by atoms with Crippen LogP contribution in [0.2, 0.25) is 0 Å². The maximum Gasteiger partial charge on any atom is 0.315 e. The van der Waals surface area contributed by atoms with Crippen molar-refractivity contribution in [1.82, 2.24) is 16.0 Å². The van der Waals surface area contributed by atoms with E-state index in [4.69, 9.17) is 5.26 Å². The molecule has 1 rings (SSSR count). The van der Waals surface area contributed by atoms with Gasteiger partial charge in [0.15, 0.2) is 0 Å². The van der Waals surface area contributed by atoms with E-state index in [0.717, 1.165) is 38.4 Å². The second-order valence-corrected chi connectivity index (χ2v) is 7.66. The molecule has 8 nitrogen and oxygen atoms in total. The zero-order valence-corrected chi connectivity index (χ0v) is 13.4. The van der Waals surface area contributed by atoms with Gasteiger partial charge in [-0.3, -0.25) is 4.79 Å². The highest BCUT2D eigenvalue weighted by molar-refractivity contribution is 7.90. The third-order valence-corrected chi connectivity index (χ3v) is 4.31. The van der Waals surface area contributed by atoms with Crippen molar-refractivity contribution in [3.05, 3.63) is 0 Å². The molecule has 0 heterocycles.